The second-order valence-electron chi connectivity index (χ2n) is 5.15. The first kappa shape index (κ1) is 14.2. The van der Waals surface area contributed by atoms with Gasteiger partial charge in [-0.05, 0) is 25.2 Å². The van der Waals surface area contributed by atoms with Gasteiger partial charge in [-0.2, -0.15) is 5.10 Å². The van der Waals surface area contributed by atoms with Crippen LogP contribution in [0.4, 0.5) is 5.95 Å². The van der Waals surface area contributed by atoms with Crippen LogP contribution in [0.25, 0.3) is 11.3 Å². The highest BCUT2D eigenvalue weighted by molar-refractivity contribution is 5.62. The Hall–Kier alpha value is -2.76. The van der Waals surface area contributed by atoms with E-state index < -0.39 is 0 Å². The van der Waals surface area contributed by atoms with Crippen molar-refractivity contribution in [2.24, 2.45) is 11.0 Å². The molecular weight excluding hydrogens is 278 g/mol. The van der Waals surface area contributed by atoms with E-state index in [1.165, 1.54) is 0 Å². The Kier molecular flexibility index (Phi) is 4.38. The molecule has 22 heavy (non-hydrogen) atoms. The van der Waals surface area contributed by atoms with Crippen molar-refractivity contribution in [1.29, 1.82) is 0 Å². The van der Waals surface area contributed by atoms with Crippen molar-refractivity contribution in [2.45, 2.75) is 19.3 Å². The second-order valence-corrected chi connectivity index (χ2v) is 5.15. The van der Waals surface area contributed by atoms with Gasteiger partial charge >= 0.3 is 0 Å². The molecule has 0 radical (unpaired) electrons. The summed E-state index contributed by atoms with van der Waals surface area (Å²) in [5.41, 5.74) is 3.47. The van der Waals surface area contributed by atoms with E-state index in [0.29, 0.717) is 11.6 Å². The monoisotopic (exact) mass is 295 g/mol. The Labute approximate surface area is 128 Å². The Balaban J connectivity index is 1.68. The van der Waals surface area contributed by atoms with Crippen molar-refractivity contribution in [1.82, 2.24) is 15.2 Å². The molecule has 1 aliphatic rings. The molecule has 0 saturated carbocycles. The number of nitrogens with zero attached hydrogens (tertiary/aromatic N) is 3. The Morgan fingerprint density at radius 2 is 2.09 bits per heavy atom. The Morgan fingerprint density at radius 1 is 1.23 bits per heavy atom. The van der Waals surface area contributed by atoms with Crippen LogP contribution in [0.5, 0.6) is 0 Å². The van der Waals surface area contributed by atoms with Gasteiger partial charge in [0.25, 0.3) is 5.56 Å². The number of aromatic nitrogens is 3. The van der Waals surface area contributed by atoms with Gasteiger partial charge < -0.3 is 0 Å². The van der Waals surface area contributed by atoms with E-state index in [1.54, 1.807) is 0 Å². The molecule has 3 rings (SSSR count). The van der Waals surface area contributed by atoms with Crippen LogP contribution in [0.1, 0.15) is 19.3 Å². The summed E-state index contributed by atoms with van der Waals surface area (Å²) in [4.78, 5) is 14.7. The summed E-state index contributed by atoms with van der Waals surface area (Å²) in [6.07, 6.45) is 9.38. The molecule has 1 aromatic heterocycles. The molecule has 0 spiro atoms. The first-order valence-electron chi connectivity index (χ1n) is 7.29. The van der Waals surface area contributed by atoms with E-state index in [4.69, 9.17) is 0 Å². The van der Waals surface area contributed by atoms with Gasteiger partial charge in [0.1, 0.15) is 0 Å². The fourth-order valence-corrected chi connectivity index (χ4v) is 2.33. The number of rotatable bonds is 4. The van der Waals surface area contributed by atoms with Crippen molar-refractivity contribution < 1.29 is 0 Å². The van der Waals surface area contributed by atoms with Crippen LogP contribution < -0.4 is 11.0 Å². The van der Waals surface area contributed by atoms with Gasteiger partial charge in [0, 0.05) is 11.8 Å². The SMILES string of the molecule is O=c1[nH]c(NN=CC2CC=CCC2)nnc1-c1ccccc1. The van der Waals surface area contributed by atoms with Gasteiger partial charge in [-0.1, -0.05) is 42.5 Å². The molecule has 0 saturated heterocycles. The van der Waals surface area contributed by atoms with Crippen molar-refractivity contribution >= 4 is 12.2 Å². The number of anilines is 1. The summed E-state index contributed by atoms with van der Waals surface area (Å²) in [6.45, 7) is 0. The molecule has 2 N–H and O–H groups in total. The number of benzene rings is 1. The predicted octanol–water partition coefficient (Wildman–Crippen LogP) is 2.59. The van der Waals surface area contributed by atoms with E-state index in [0.717, 1.165) is 24.8 Å². The van der Waals surface area contributed by atoms with Gasteiger partial charge in [0.2, 0.25) is 5.95 Å². The first-order valence-corrected chi connectivity index (χ1v) is 7.29. The van der Waals surface area contributed by atoms with Gasteiger partial charge in [0.05, 0.1) is 0 Å². The number of nitrogens with one attached hydrogen (secondary N) is 2. The van der Waals surface area contributed by atoms with Crippen LogP contribution >= 0.6 is 0 Å². The average Bonchev–Trinajstić information content (AvgIpc) is 2.57. The fourth-order valence-electron chi connectivity index (χ4n) is 2.33. The quantitative estimate of drug-likeness (QED) is 0.516. The summed E-state index contributed by atoms with van der Waals surface area (Å²) in [5.74, 6) is 0.674. The number of aromatic amines is 1. The number of hydrazone groups is 1. The lowest BCUT2D eigenvalue weighted by atomic mass is 9.96. The van der Waals surface area contributed by atoms with E-state index in [2.05, 4.69) is 37.9 Å². The fraction of sp³-hybridized carbons (Fsp3) is 0.250. The Bertz CT molecular complexity index is 736. The summed E-state index contributed by atoms with van der Waals surface area (Å²) in [6, 6.07) is 9.23. The Morgan fingerprint density at radius 3 is 2.82 bits per heavy atom. The third kappa shape index (κ3) is 3.46. The summed E-state index contributed by atoms with van der Waals surface area (Å²) >= 11 is 0. The van der Waals surface area contributed by atoms with Crippen LogP contribution in [0.15, 0.2) is 52.4 Å². The minimum atomic E-state index is -0.292. The van der Waals surface area contributed by atoms with E-state index in [9.17, 15) is 4.79 Å². The van der Waals surface area contributed by atoms with Crippen molar-refractivity contribution in [3.05, 3.63) is 52.8 Å². The largest absolute Gasteiger partial charge is 0.288 e. The van der Waals surface area contributed by atoms with E-state index in [1.807, 2.05) is 36.5 Å². The number of hydrogen-bond acceptors (Lipinski definition) is 5. The molecule has 6 heteroatoms. The lowest BCUT2D eigenvalue weighted by Crippen LogP contribution is -2.15. The smallest absolute Gasteiger partial charge is 0.279 e. The van der Waals surface area contributed by atoms with E-state index >= 15 is 0 Å². The molecule has 0 bridgehead atoms. The second kappa shape index (κ2) is 6.80. The maximum absolute atomic E-state index is 12.0. The standard InChI is InChI=1S/C16H17N5O/c22-15-14(13-9-5-2-6-10-13)19-21-16(18-15)20-17-11-12-7-3-1-4-8-12/h1-3,5-6,9-12H,4,7-8H2,(H2,18,20,21,22). The predicted molar refractivity (Wildman–Crippen MR) is 86.7 cm³/mol. The van der Waals surface area contributed by atoms with Crippen molar-refractivity contribution in [3.8, 4) is 11.3 Å². The number of hydrogen-bond donors (Lipinski definition) is 2. The van der Waals surface area contributed by atoms with Crippen LogP contribution in [-0.2, 0) is 0 Å². The average molecular weight is 295 g/mol. The normalized spacial score (nSPS) is 17.7. The number of allylic oxidation sites excluding steroid dienone is 2. The number of H-pyrrole nitrogens is 1. The molecule has 6 nitrogen and oxygen atoms in total. The lowest BCUT2D eigenvalue weighted by molar-refractivity contribution is 0.627. The molecule has 1 atom stereocenters. The third-order valence-electron chi connectivity index (χ3n) is 3.51. The summed E-state index contributed by atoms with van der Waals surface area (Å²) < 4.78 is 0. The van der Waals surface area contributed by atoms with Crippen molar-refractivity contribution in [2.75, 3.05) is 5.43 Å². The molecule has 0 aliphatic heterocycles. The molecule has 0 amide bonds. The molecule has 1 aliphatic carbocycles. The molecule has 1 unspecified atom stereocenters. The molecule has 0 fully saturated rings. The molecule has 112 valence electrons. The highest BCUT2D eigenvalue weighted by atomic mass is 16.1. The minimum absolute atomic E-state index is 0.243. The summed E-state index contributed by atoms with van der Waals surface area (Å²) in [5, 5.41) is 12.1. The van der Waals surface area contributed by atoms with E-state index in [-0.39, 0.29) is 11.5 Å². The highest BCUT2D eigenvalue weighted by Crippen LogP contribution is 2.15. The van der Waals surface area contributed by atoms with Gasteiger partial charge in [-0.15, -0.1) is 10.2 Å². The lowest BCUT2D eigenvalue weighted by Gasteiger charge is -2.11. The van der Waals surface area contributed by atoms with Crippen LogP contribution in [0.2, 0.25) is 0 Å². The summed E-state index contributed by atoms with van der Waals surface area (Å²) in [7, 11) is 0. The molecular formula is C16H17N5O. The third-order valence-corrected chi connectivity index (χ3v) is 3.51. The zero-order valence-electron chi connectivity index (χ0n) is 12.1. The molecule has 2 aromatic rings. The maximum Gasteiger partial charge on any atom is 0.279 e. The molecule has 1 heterocycles. The van der Waals surface area contributed by atoms with Gasteiger partial charge in [-0.25, -0.2) is 5.43 Å². The van der Waals surface area contributed by atoms with Gasteiger partial charge in [-0.3, -0.25) is 9.78 Å². The van der Waals surface area contributed by atoms with Crippen LogP contribution in [-0.4, -0.2) is 21.4 Å². The zero-order chi connectivity index (χ0) is 15.2. The molecule has 1 aromatic carbocycles. The topological polar surface area (TPSA) is 83.0 Å². The maximum atomic E-state index is 12.0. The van der Waals surface area contributed by atoms with Gasteiger partial charge in [0.15, 0.2) is 5.69 Å². The highest BCUT2D eigenvalue weighted by Gasteiger charge is 2.08. The van der Waals surface area contributed by atoms with Crippen LogP contribution in [0, 0.1) is 5.92 Å². The van der Waals surface area contributed by atoms with Crippen molar-refractivity contribution in [3.63, 3.8) is 0 Å². The minimum Gasteiger partial charge on any atom is -0.288 e. The van der Waals surface area contributed by atoms with Crippen LogP contribution in [0.3, 0.4) is 0 Å². The zero-order valence-corrected chi connectivity index (χ0v) is 12.1. The first-order chi connectivity index (χ1) is 10.8.